The van der Waals surface area contributed by atoms with E-state index in [1.54, 1.807) is 30.3 Å². The highest BCUT2D eigenvalue weighted by Crippen LogP contribution is 2.57. The van der Waals surface area contributed by atoms with E-state index in [-0.39, 0.29) is 22.8 Å². The number of carbonyl (C=O) groups excluding carboxylic acids is 2. The van der Waals surface area contributed by atoms with E-state index < -0.39 is 43.9 Å². The summed E-state index contributed by atoms with van der Waals surface area (Å²) in [6, 6.07) is 19.0. The molecule has 4 rings (SSSR count). The Labute approximate surface area is 252 Å². The molecule has 1 heterocycles. The molecule has 3 aromatic carbocycles. The number of ether oxygens (including phenoxy) is 1. The lowest BCUT2D eigenvalue weighted by Gasteiger charge is -2.33. The van der Waals surface area contributed by atoms with Crippen LogP contribution in [0.15, 0.2) is 77.7 Å². The summed E-state index contributed by atoms with van der Waals surface area (Å²) in [4.78, 5) is 25.0. The van der Waals surface area contributed by atoms with Crippen molar-refractivity contribution in [3.63, 3.8) is 0 Å². The second kappa shape index (κ2) is 13.9. The van der Waals surface area contributed by atoms with Crippen molar-refractivity contribution in [3.8, 4) is 5.75 Å². The Morgan fingerprint density at radius 3 is 2.52 bits per heavy atom. The van der Waals surface area contributed by atoms with Crippen LogP contribution < -0.4 is 19.5 Å². The van der Waals surface area contributed by atoms with Crippen molar-refractivity contribution < 1.29 is 31.8 Å². The number of nitrogens with one attached hydrogen (secondary N) is 3. The Bertz CT molecular complexity index is 1520. The Balaban J connectivity index is 1.42. The van der Waals surface area contributed by atoms with E-state index in [4.69, 9.17) is 16.3 Å². The van der Waals surface area contributed by atoms with Gasteiger partial charge in [-0.15, -0.1) is 10.8 Å². The van der Waals surface area contributed by atoms with Gasteiger partial charge in [-0.05, 0) is 73.2 Å². The molecule has 226 valence electrons. The first-order valence-corrected chi connectivity index (χ1v) is 16.8. The maximum absolute atomic E-state index is 13.2. The molecule has 2 unspecified atom stereocenters. The van der Waals surface area contributed by atoms with Crippen LogP contribution in [0.4, 0.5) is 0 Å². The molecular formula is C29H34ClN3O7S2. The number of hydrogen-bond donors (Lipinski definition) is 5. The van der Waals surface area contributed by atoms with Crippen LogP contribution in [-0.2, 0) is 26.0 Å². The van der Waals surface area contributed by atoms with Crippen molar-refractivity contribution >= 4 is 44.2 Å². The van der Waals surface area contributed by atoms with Crippen LogP contribution in [0.1, 0.15) is 41.2 Å². The number of benzene rings is 3. The zero-order valence-corrected chi connectivity index (χ0v) is 25.3. The summed E-state index contributed by atoms with van der Waals surface area (Å²) in [5, 5.41) is 2.08. The maximum Gasteiger partial charge on any atom is 0.241 e. The van der Waals surface area contributed by atoms with Crippen LogP contribution >= 0.6 is 22.4 Å². The second-order valence-electron chi connectivity index (χ2n) is 10.0. The lowest BCUT2D eigenvalue weighted by atomic mass is 10.0. The molecule has 2 atom stereocenters. The summed E-state index contributed by atoms with van der Waals surface area (Å²) < 4.78 is 57.1. The SMILES string of the molecule is Cc1cccc(OCCCCNC(=O)C(Cc2ccc(C3CC(=O)NS3(O)O)c(Cl)c2)NS(=O)(=O)c2ccccc2)c1. The molecule has 1 aliphatic rings. The largest absolute Gasteiger partial charge is 0.494 e. The fourth-order valence-electron chi connectivity index (χ4n) is 4.55. The average molecular weight is 636 g/mol. The van der Waals surface area contributed by atoms with Crippen molar-refractivity contribution in [1.29, 1.82) is 0 Å². The van der Waals surface area contributed by atoms with E-state index in [1.807, 2.05) is 31.2 Å². The molecule has 10 nitrogen and oxygen atoms in total. The average Bonchev–Trinajstić information content (AvgIpc) is 3.21. The number of sulfonamides is 1. The Kier molecular flexibility index (Phi) is 10.5. The lowest BCUT2D eigenvalue weighted by molar-refractivity contribution is -0.122. The second-order valence-corrected chi connectivity index (χ2v) is 14.1. The Hall–Kier alpha value is -3.13. The van der Waals surface area contributed by atoms with Gasteiger partial charge in [-0.3, -0.25) is 23.4 Å². The van der Waals surface area contributed by atoms with Gasteiger partial charge in [-0.2, -0.15) is 4.72 Å². The summed E-state index contributed by atoms with van der Waals surface area (Å²) in [7, 11) is -7.42. The van der Waals surface area contributed by atoms with Gasteiger partial charge in [0.05, 0.1) is 17.9 Å². The summed E-state index contributed by atoms with van der Waals surface area (Å²) in [5.74, 6) is -0.219. The molecule has 1 fully saturated rings. The summed E-state index contributed by atoms with van der Waals surface area (Å²) >= 11 is 6.46. The molecule has 0 aliphatic carbocycles. The van der Waals surface area contributed by atoms with Gasteiger partial charge >= 0.3 is 0 Å². The van der Waals surface area contributed by atoms with Crippen LogP contribution in [0, 0.1) is 6.92 Å². The Morgan fingerprint density at radius 2 is 1.86 bits per heavy atom. The van der Waals surface area contributed by atoms with E-state index in [9.17, 15) is 27.1 Å². The van der Waals surface area contributed by atoms with E-state index in [0.717, 1.165) is 11.3 Å². The molecule has 1 aliphatic heterocycles. The number of carbonyl (C=O) groups is 2. The van der Waals surface area contributed by atoms with Gasteiger partial charge in [0, 0.05) is 11.6 Å². The molecular weight excluding hydrogens is 602 g/mol. The van der Waals surface area contributed by atoms with Gasteiger partial charge in [0.2, 0.25) is 21.8 Å². The fourth-order valence-corrected chi connectivity index (χ4v) is 7.67. The minimum absolute atomic E-state index is 0.0214. The molecule has 1 saturated heterocycles. The quantitative estimate of drug-likeness (QED) is 0.170. The zero-order chi connectivity index (χ0) is 30.3. The van der Waals surface area contributed by atoms with E-state index in [1.165, 1.54) is 18.2 Å². The highest BCUT2D eigenvalue weighted by molar-refractivity contribution is 8.23. The van der Waals surface area contributed by atoms with Gasteiger partial charge in [-0.25, -0.2) is 8.42 Å². The normalized spacial score (nSPS) is 17.7. The van der Waals surface area contributed by atoms with Crippen LogP contribution in [0.5, 0.6) is 5.75 Å². The molecule has 0 radical (unpaired) electrons. The molecule has 0 spiro atoms. The summed E-state index contributed by atoms with van der Waals surface area (Å²) in [5.41, 5.74) is 2.01. The first-order valence-electron chi connectivity index (χ1n) is 13.3. The van der Waals surface area contributed by atoms with Crippen molar-refractivity contribution in [2.75, 3.05) is 13.2 Å². The first kappa shape index (κ1) is 31.8. The van der Waals surface area contributed by atoms with Crippen LogP contribution in [0.3, 0.4) is 0 Å². The van der Waals surface area contributed by atoms with Gasteiger partial charge in [0.25, 0.3) is 0 Å². The van der Waals surface area contributed by atoms with Crippen LogP contribution in [-0.4, -0.2) is 48.5 Å². The molecule has 0 bridgehead atoms. The number of halogens is 1. The molecule has 13 heteroatoms. The van der Waals surface area contributed by atoms with Crippen molar-refractivity contribution in [2.24, 2.45) is 0 Å². The smallest absolute Gasteiger partial charge is 0.241 e. The van der Waals surface area contributed by atoms with Crippen LogP contribution in [0.25, 0.3) is 0 Å². The third kappa shape index (κ3) is 8.46. The minimum Gasteiger partial charge on any atom is -0.494 e. The summed E-state index contributed by atoms with van der Waals surface area (Å²) in [6.45, 7) is 2.78. The van der Waals surface area contributed by atoms with Gasteiger partial charge in [0.1, 0.15) is 17.0 Å². The monoisotopic (exact) mass is 635 g/mol. The molecule has 0 aromatic heterocycles. The summed E-state index contributed by atoms with van der Waals surface area (Å²) in [6.07, 6.45) is 1.16. The van der Waals surface area contributed by atoms with Crippen molar-refractivity contribution in [2.45, 2.75) is 48.8 Å². The maximum atomic E-state index is 13.2. The predicted octanol–water partition coefficient (Wildman–Crippen LogP) is 4.74. The van der Waals surface area contributed by atoms with E-state index in [0.29, 0.717) is 37.1 Å². The fraction of sp³-hybridized carbons (Fsp3) is 0.310. The first-order chi connectivity index (χ1) is 19.9. The number of amides is 2. The van der Waals surface area contributed by atoms with E-state index in [2.05, 4.69) is 14.8 Å². The van der Waals surface area contributed by atoms with Crippen molar-refractivity contribution in [3.05, 3.63) is 94.5 Å². The molecule has 0 saturated carbocycles. The molecule has 2 amide bonds. The molecule has 3 aromatic rings. The number of aryl methyl sites for hydroxylation is 1. The number of rotatable bonds is 13. The topological polar surface area (TPSA) is 154 Å². The van der Waals surface area contributed by atoms with Gasteiger partial charge in [-0.1, -0.05) is 54.1 Å². The number of unbranched alkanes of at least 4 members (excludes halogenated alkanes) is 1. The molecule has 5 N–H and O–H groups in total. The van der Waals surface area contributed by atoms with E-state index >= 15 is 0 Å². The third-order valence-electron chi connectivity index (χ3n) is 6.68. The molecule has 42 heavy (non-hydrogen) atoms. The predicted molar refractivity (Wildman–Crippen MR) is 163 cm³/mol. The highest BCUT2D eigenvalue weighted by Gasteiger charge is 2.39. The third-order valence-corrected chi connectivity index (χ3v) is 10.2. The van der Waals surface area contributed by atoms with Gasteiger partial charge in [0.15, 0.2) is 0 Å². The number of hydrogen-bond acceptors (Lipinski definition) is 7. The minimum atomic E-state index is -4.02. The standard InChI is InChI=1S/C29H34ClN3O7S2/c1-20-8-7-9-22(16-20)40-15-6-5-14-31-29(35)26(32-41(36,37)23-10-3-2-4-11-23)18-21-12-13-24(25(30)17-21)27-19-28(34)33-42(27,38)39/h2-4,7-13,16-17,26-27,32,38-39H,5-6,14-15,18-19H2,1H3,(H,31,35)(H,33,34). The van der Waals surface area contributed by atoms with Gasteiger partial charge < -0.3 is 10.1 Å². The highest BCUT2D eigenvalue weighted by atomic mass is 35.5. The Morgan fingerprint density at radius 1 is 1.10 bits per heavy atom. The lowest BCUT2D eigenvalue weighted by Crippen LogP contribution is -2.48. The van der Waals surface area contributed by atoms with Crippen molar-refractivity contribution in [1.82, 2.24) is 14.8 Å². The van der Waals surface area contributed by atoms with Crippen LogP contribution in [0.2, 0.25) is 5.02 Å². The zero-order valence-electron chi connectivity index (χ0n) is 23.0.